The van der Waals surface area contributed by atoms with E-state index < -0.39 is 5.97 Å². The Bertz CT molecular complexity index is 1170. The van der Waals surface area contributed by atoms with Crippen molar-refractivity contribution in [3.63, 3.8) is 0 Å². The van der Waals surface area contributed by atoms with Crippen molar-refractivity contribution in [1.82, 2.24) is 10.2 Å². The average molecular weight is 472 g/mol. The molecule has 0 unspecified atom stereocenters. The maximum absolute atomic E-state index is 11.9. The van der Waals surface area contributed by atoms with Crippen LogP contribution in [-0.4, -0.2) is 41.5 Å². The normalized spacial score (nSPS) is 14.1. The van der Waals surface area contributed by atoms with Gasteiger partial charge in [-0.2, -0.15) is 0 Å². The highest BCUT2D eigenvalue weighted by Gasteiger charge is 2.19. The van der Waals surface area contributed by atoms with Gasteiger partial charge >= 0.3 is 5.97 Å². The van der Waals surface area contributed by atoms with Gasteiger partial charge in [0.1, 0.15) is 10.7 Å². The van der Waals surface area contributed by atoms with E-state index in [1.165, 1.54) is 25.6 Å². The zero-order valence-electron chi connectivity index (χ0n) is 17.7. The summed E-state index contributed by atoms with van der Waals surface area (Å²) in [5, 5.41) is 18.3. The molecule has 4 rings (SSSR count). The number of ether oxygens (including phenoxy) is 1. The molecule has 1 aliphatic rings. The van der Waals surface area contributed by atoms with Gasteiger partial charge in [0.15, 0.2) is 0 Å². The molecular formula is C23H22ClN3O4S. The number of aromatic nitrogens is 2. The largest absolute Gasteiger partial charge is 0.496 e. The fourth-order valence-corrected chi connectivity index (χ4v) is 4.51. The summed E-state index contributed by atoms with van der Waals surface area (Å²) in [6.45, 7) is 4.16. The summed E-state index contributed by atoms with van der Waals surface area (Å²) in [4.78, 5) is 14.3. The van der Waals surface area contributed by atoms with Crippen LogP contribution in [0.4, 0.5) is 5.69 Å². The van der Waals surface area contributed by atoms with Crippen LogP contribution in [0.2, 0.25) is 5.02 Å². The molecule has 0 bridgehead atoms. The Morgan fingerprint density at radius 2 is 2.00 bits per heavy atom. The van der Waals surface area contributed by atoms with Crippen molar-refractivity contribution >= 4 is 41.1 Å². The van der Waals surface area contributed by atoms with Crippen LogP contribution in [0.5, 0.6) is 5.75 Å². The minimum atomic E-state index is -1.07. The molecule has 1 fully saturated rings. The molecule has 9 heteroatoms. The predicted molar refractivity (Wildman–Crippen MR) is 125 cm³/mol. The number of benzene rings is 2. The second-order valence-corrected chi connectivity index (χ2v) is 8.80. The third kappa shape index (κ3) is 4.92. The van der Waals surface area contributed by atoms with Crippen molar-refractivity contribution in [2.75, 3.05) is 25.1 Å². The smallest absolute Gasteiger partial charge is 0.342 e. The second-order valence-electron chi connectivity index (χ2n) is 7.37. The summed E-state index contributed by atoms with van der Waals surface area (Å²) in [5.74, 6) is -0.351. The summed E-state index contributed by atoms with van der Waals surface area (Å²) in [6, 6.07) is 11.0. The first kappa shape index (κ1) is 22.2. The van der Waals surface area contributed by atoms with E-state index in [0.29, 0.717) is 16.3 Å². The van der Waals surface area contributed by atoms with Crippen molar-refractivity contribution in [2.24, 2.45) is 0 Å². The molecule has 0 atom stereocenters. The lowest BCUT2D eigenvalue weighted by Gasteiger charge is -2.20. The number of anilines is 1. The Kier molecular flexibility index (Phi) is 6.72. The van der Waals surface area contributed by atoms with E-state index >= 15 is 0 Å². The standard InChI is InChI=1S/C23H22ClN3O4S/c1-14-11-15(5-7-18(14)27-9-3-4-10-27)12-20(22(28)29)32-23-26-25-21(31-23)17-13-16(24)6-8-19(17)30-2/h5-8,11-13H,3-4,9-10H2,1-2H3,(H,28,29)/b20-12+. The predicted octanol–water partition coefficient (Wildman–Crippen LogP) is 5.53. The number of carboxylic acids is 1. The van der Waals surface area contributed by atoms with Crippen LogP contribution in [0.15, 0.2) is 50.9 Å². The summed E-state index contributed by atoms with van der Waals surface area (Å²) in [7, 11) is 1.53. The number of carbonyl (C=O) groups is 1. The molecule has 2 aromatic carbocycles. The number of aliphatic carboxylic acids is 1. The highest BCUT2D eigenvalue weighted by Crippen LogP contribution is 2.35. The minimum Gasteiger partial charge on any atom is -0.496 e. The van der Waals surface area contributed by atoms with E-state index in [1.54, 1.807) is 24.3 Å². The number of aryl methyl sites for hydroxylation is 1. The SMILES string of the molecule is COc1ccc(Cl)cc1-c1nnc(S/C(=C/c2ccc(N3CCCC3)c(C)c2)C(=O)O)o1. The average Bonchev–Trinajstić information content (AvgIpc) is 3.45. The van der Waals surface area contributed by atoms with Gasteiger partial charge in [0.2, 0.25) is 0 Å². The number of nitrogens with zero attached hydrogens (tertiary/aromatic N) is 3. The fourth-order valence-electron chi connectivity index (χ4n) is 3.67. The number of hydrogen-bond acceptors (Lipinski definition) is 7. The van der Waals surface area contributed by atoms with Gasteiger partial charge in [0.25, 0.3) is 11.1 Å². The fraction of sp³-hybridized carbons (Fsp3) is 0.261. The van der Waals surface area contributed by atoms with E-state index in [0.717, 1.165) is 36.0 Å². The van der Waals surface area contributed by atoms with Crippen LogP contribution in [-0.2, 0) is 4.79 Å². The quantitative estimate of drug-likeness (QED) is 0.355. The number of rotatable bonds is 7. The lowest BCUT2D eigenvalue weighted by molar-refractivity contribution is -0.131. The molecule has 0 aliphatic carbocycles. The Morgan fingerprint density at radius 3 is 2.69 bits per heavy atom. The number of carboxylic acid groups (broad SMARTS) is 1. The van der Waals surface area contributed by atoms with Crippen LogP contribution in [0.3, 0.4) is 0 Å². The number of hydrogen-bond donors (Lipinski definition) is 1. The van der Waals surface area contributed by atoms with Crippen LogP contribution in [0.1, 0.15) is 24.0 Å². The Balaban J connectivity index is 1.57. The summed E-state index contributed by atoms with van der Waals surface area (Å²) < 4.78 is 11.0. The van der Waals surface area contributed by atoms with Crippen molar-refractivity contribution < 1.29 is 19.1 Å². The van der Waals surface area contributed by atoms with Crippen molar-refractivity contribution in [1.29, 1.82) is 0 Å². The molecule has 0 radical (unpaired) electrons. The molecule has 2 heterocycles. The van der Waals surface area contributed by atoms with Crippen LogP contribution >= 0.6 is 23.4 Å². The molecule has 32 heavy (non-hydrogen) atoms. The van der Waals surface area contributed by atoms with Crippen LogP contribution in [0.25, 0.3) is 17.5 Å². The van der Waals surface area contributed by atoms with E-state index in [9.17, 15) is 9.90 Å². The molecule has 1 aliphatic heterocycles. The third-order valence-corrected chi connectivity index (χ3v) is 6.26. The number of thioether (sulfide) groups is 1. The van der Waals surface area contributed by atoms with Crippen molar-refractivity contribution in [3.05, 3.63) is 57.5 Å². The molecule has 0 spiro atoms. The van der Waals surface area contributed by atoms with Crippen molar-refractivity contribution in [3.8, 4) is 17.2 Å². The first-order valence-corrected chi connectivity index (χ1v) is 11.3. The lowest BCUT2D eigenvalue weighted by atomic mass is 10.1. The molecule has 166 valence electrons. The number of halogens is 1. The van der Waals surface area contributed by atoms with Gasteiger partial charge in [0.05, 0.1) is 12.7 Å². The first-order chi connectivity index (χ1) is 15.4. The van der Waals surface area contributed by atoms with Crippen molar-refractivity contribution in [2.45, 2.75) is 25.0 Å². The zero-order chi connectivity index (χ0) is 22.7. The maximum Gasteiger partial charge on any atom is 0.342 e. The van der Waals surface area contributed by atoms with E-state index in [2.05, 4.69) is 15.1 Å². The van der Waals surface area contributed by atoms with E-state index in [1.807, 2.05) is 25.1 Å². The number of methoxy groups -OCH3 is 1. The maximum atomic E-state index is 11.9. The molecule has 1 saturated heterocycles. The highest BCUT2D eigenvalue weighted by molar-refractivity contribution is 8.03. The Labute approximate surface area is 195 Å². The van der Waals surface area contributed by atoms with Crippen LogP contribution < -0.4 is 9.64 Å². The lowest BCUT2D eigenvalue weighted by Crippen LogP contribution is -2.18. The molecule has 0 amide bonds. The van der Waals surface area contributed by atoms with Gasteiger partial charge in [-0.3, -0.25) is 0 Å². The van der Waals surface area contributed by atoms with Gasteiger partial charge in [-0.15, -0.1) is 10.2 Å². The topological polar surface area (TPSA) is 88.7 Å². The van der Waals surface area contributed by atoms with Gasteiger partial charge in [-0.1, -0.05) is 17.7 Å². The van der Waals surface area contributed by atoms with Gasteiger partial charge in [-0.25, -0.2) is 4.79 Å². The Hall–Kier alpha value is -2.97. The van der Waals surface area contributed by atoms with Crippen LogP contribution in [0, 0.1) is 6.92 Å². The second kappa shape index (κ2) is 9.67. The van der Waals surface area contributed by atoms with Gasteiger partial charge < -0.3 is 19.2 Å². The highest BCUT2D eigenvalue weighted by atomic mass is 35.5. The minimum absolute atomic E-state index is 0.0755. The third-order valence-electron chi connectivity index (χ3n) is 5.17. The molecule has 1 N–H and O–H groups in total. The molecular weight excluding hydrogens is 450 g/mol. The Morgan fingerprint density at radius 1 is 1.22 bits per heavy atom. The van der Waals surface area contributed by atoms with Gasteiger partial charge in [0, 0.05) is 23.8 Å². The summed E-state index contributed by atoms with van der Waals surface area (Å²) in [5.41, 5.74) is 3.64. The van der Waals surface area contributed by atoms with E-state index in [4.69, 9.17) is 20.8 Å². The first-order valence-electron chi connectivity index (χ1n) is 10.1. The molecule has 1 aromatic heterocycles. The summed E-state index contributed by atoms with van der Waals surface area (Å²) >= 11 is 6.97. The van der Waals surface area contributed by atoms with Gasteiger partial charge in [-0.05, 0) is 79.1 Å². The molecule has 3 aromatic rings. The zero-order valence-corrected chi connectivity index (χ0v) is 19.2. The molecule has 7 nitrogen and oxygen atoms in total. The summed E-state index contributed by atoms with van der Waals surface area (Å²) in [6.07, 6.45) is 4.01. The monoisotopic (exact) mass is 471 g/mol. The molecule has 0 saturated carbocycles. The van der Waals surface area contributed by atoms with E-state index in [-0.39, 0.29) is 16.0 Å².